The molecular weight excluding hydrogens is 533 g/mol. The summed E-state index contributed by atoms with van der Waals surface area (Å²) in [6.07, 6.45) is -0.116. The highest BCUT2D eigenvalue weighted by molar-refractivity contribution is 8.04. The third-order valence-electron chi connectivity index (χ3n) is 6.08. The van der Waals surface area contributed by atoms with Gasteiger partial charge in [-0.3, -0.25) is 9.79 Å². The first-order valence-electron chi connectivity index (χ1n) is 11.2. The van der Waals surface area contributed by atoms with E-state index in [-0.39, 0.29) is 35.1 Å². The van der Waals surface area contributed by atoms with Gasteiger partial charge in [0.2, 0.25) is 5.91 Å². The van der Waals surface area contributed by atoms with E-state index in [1.165, 1.54) is 18.3 Å². The molecule has 1 aromatic carbocycles. The predicted molar refractivity (Wildman–Crippen MR) is 139 cm³/mol. The van der Waals surface area contributed by atoms with Crippen LogP contribution in [0.3, 0.4) is 0 Å². The number of rotatable bonds is 6. The van der Waals surface area contributed by atoms with Crippen LogP contribution in [-0.2, 0) is 11.2 Å². The van der Waals surface area contributed by atoms with Crippen molar-refractivity contribution in [2.75, 3.05) is 43.3 Å². The highest BCUT2D eigenvalue weighted by atomic mass is 35.5. The molecule has 0 spiro atoms. The Morgan fingerprint density at radius 3 is 2.72 bits per heavy atom. The number of hydrogen-bond acceptors (Lipinski definition) is 8. The zero-order valence-electron chi connectivity index (χ0n) is 19.4. The van der Waals surface area contributed by atoms with E-state index in [2.05, 4.69) is 16.1 Å². The van der Waals surface area contributed by atoms with Crippen LogP contribution in [0.1, 0.15) is 12.0 Å². The van der Waals surface area contributed by atoms with Gasteiger partial charge in [-0.1, -0.05) is 35.7 Å². The Bertz CT molecular complexity index is 1130. The average molecular weight is 557 g/mol. The molecule has 0 aliphatic carbocycles. The number of alkyl halides is 3. The fraction of sp³-hybridized carbons (Fsp3) is 0.478. The van der Waals surface area contributed by atoms with Gasteiger partial charge < -0.3 is 14.1 Å². The van der Waals surface area contributed by atoms with Crippen LogP contribution in [0.5, 0.6) is 0 Å². The molecule has 7 nitrogen and oxygen atoms in total. The molecule has 0 radical (unpaired) electrons. The minimum absolute atomic E-state index is 0.0446. The first-order valence-corrected chi connectivity index (χ1v) is 13.7. The number of nitrogens with zero attached hydrogens (tertiary/aromatic N) is 6. The van der Waals surface area contributed by atoms with Gasteiger partial charge in [-0.25, -0.2) is 4.99 Å². The van der Waals surface area contributed by atoms with E-state index in [1.807, 2.05) is 27.6 Å². The van der Waals surface area contributed by atoms with Crippen LogP contribution in [0, 0.1) is 17.2 Å². The normalized spacial score (nSPS) is 21.6. The number of allylic oxidation sites excluding steroid dienone is 1. The number of benzene rings is 1. The summed E-state index contributed by atoms with van der Waals surface area (Å²) in [7, 11) is 0. The second-order valence-corrected chi connectivity index (χ2v) is 10.9. The fourth-order valence-corrected chi connectivity index (χ4v) is 6.33. The highest BCUT2D eigenvalue weighted by Crippen LogP contribution is 2.44. The van der Waals surface area contributed by atoms with Gasteiger partial charge in [0.15, 0.2) is 0 Å². The van der Waals surface area contributed by atoms with Crippen molar-refractivity contribution in [2.24, 2.45) is 15.9 Å². The van der Waals surface area contributed by atoms with E-state index in [9.17, 15) is 18.0 Å². The Kier molecular flexibility index (Phi) is 8.42. The lowest BCUT2D eigenvalue weighted by molar-refractivity contribution is -0.131. The molecule has 3 heterocycles. The largest absolute Gasteiger partial charge is 0.393 e. The van der Waals surface area contributed by atoms with Gasteiger partial charge in [0.25, 0.3) is 0 Å². The number of anilines is 1. The van der Waals surface area contributed by atoms with Gasteiger partial charge in [0, 0.05) is 43.1 Å². The van der Waals surface area contributed by atoms with Crippen molar-refractivity contribution >= 4 is 59.1 Å². The molecular formula is C23H24ClF3N6OS2. The van der Waals surface area contributed by atoms with E-state index >= 15 is 0 Å². The summed E-state index contributed by atoms with van der Waals surface area (Å²) >= 11 is 9.00. The first-order chi connectivity index (χ1) is 17.2. The van der Waals surface area contributed by atoms with E-state index < -0.39 is 12.6 Å². The van der Waals surface area contributed by atoms with Crippen molar-refractivity contribution in [1.29, 1.82) is 5.26 Å². The number of fused-ring (bicyclic) bond motifs is 1. The summed E-state index contributed by atoms with van der Waals surface area (Å²) < 4.78 is 40.3. The minimum Gasteiger partial charge on any atom is -0.356 e. The van der Waals surface area contributed by atoms with Gasteiger partial charge in [0.05, 0.1) is 24.8 Å². The van der Waals surface area contributed by atoms with Crippen LogP contribution in [0.15, 0.2) is 39.2 Å². The number of carbonyl (C=O) groups excluding carboxylic acids is 1. The molecule has 0 N–H and O–H groups in total. The van der Waals surface area contributed by atoms with Crippen LogP contribution >= 0.6 is 35.3 Å². The molecule has 4 rings (SSSR count). The predicted octanol–water partition coefficient (Wildman–Crippen LogP) is 4.60. The fourth-order valence-electron chi connectivity index (χ4n) is 4.33. The lowest BCUT2D eigenvalue weighted by atomic mass is 10.0. The quantitative estimate of drug-likeness (QED) is 0.376. The van der Waals surface area contributed by atoms with Crippen molar-refractivity contribution in [2.45, 2.75) is 24.4 Å². The number of piperazine rings is 1. The van der Waals surface area contributed by atoms with Gasteiger partial charge in [-0.05, 0) is 22.6 Å². The summed E-state index contributed by atoms with van der Waals surface area (Å²) in [4.78, 5) is 25.7. The third kappa shape index (κ3) is 6.30. The van der Waals surface area contributed by atoms with Crippen molar-refractivity contribution in [3.63, 3.8) is 0 Å². The number of thioether (sulfide) groups is 1. The minimum atomic E-state index is -4.26. The Hall–Kier alpha value is -2.36. The summed E-state index contributed by atoms with van der Waals surface area (Å²) in [6.45, 7) is 2.26. The van der Waals surface area contributed by atoms with Crippen molar-refractivity contribution in [3.8, 4) is 6.07 Å². The smallest absolute Gasteiger partial charge is 0.356 e. The molecule has 0 saturated carbocycles. The maximum Gasteiger partial charge on any atom is 0.393 e. The van der Waals surface area contributed by atoms with E-state index in [1.54, 1.807) is 17.0 Å². The molecule has 1 amide bonds. The van der Waals surface area contributed by atoms with Crippen molar-refractivity contribution in [1.82, 2.24) is 9.80 Å². The molecule has 0 bridgehead atoms. The molecule has 3 aliphatic rings. The van der Waals surface area contributed by atoms with Crippen LogP contribution in [0.25, 0.3) is 0 Å². The number of aliphatic imine (C=N–C) groups is 2. The molecule has 3 aliphatic heterocycles. The Labute approximate surface area is 221 Å². The molecule has 36 heavy (non-hydrogen) atoms. The lowest BCUT2D eigenvalue weighted by Crippen LogP contribution is -2.53. The van der Waals surface area contributed by atoms with Gasteiger partial charge >= 0.3 is 6.18 Å². The van der Waals surface area contributed by atoms with E-state index in [4.69, 9.17) is 16.9 Å². The second-order valence-electron chi connectivity index (χ2n) is 8.41. The Balaban J connectivity index is 1.34. The SMILES string of the molecule is CSN(CC#N)c1ccc(CC(=O)N2CCN(C3=NC=NC4SC(CC(F)(F)F)=CC34)CC2)c(Cl)c1. The second kappa shape index (κ2) is 11.4. The molecule has 2 unspecified atom stereocenters. The Morgan fingerprint density at radius 1 is 1.33 bits per heavy atom. The zero-order valence-corrected chi connectivity index (χ0v) is 21.8. The van der Waals surface area contributed by atoms with Gasteiger partial charge in [0.1, 0.15) is 24.1 Å². The topological polar surface area (TPSA) is 75.3 Å². The molecule has 1 saturated heterocycles. The molecule has 13 heteroatoms. The van der Waals surface area contributed by atoms with Gasteiger partial charge in [-0.15, -0.1) is 11.8 Å². The number of carbonyl (C=O) groups is 1. The number of amidine groups is 1. The standard InChI is InChI=1S/C23H24ClF3N6OS2/c1-35-33(5-4-28)16-3-2-15(19(24)11-16)10-20(34)31-6-8-32(9-7-31)21-18-12-17(13-23(25,26)27)36-22(18)30-14-29-21/h2-3,11-12,14,18,22H,5-10,13H2,1H3. The van der Waals surface area contributed by atoms with Crippen molar-refractivity contribution in [3.05, 3.63) is 39.8 Å². The Morgan fingerprint density at radius 2 is 2.08 bits per heavy atom. The van der Waals surface area contributed by atoms with Crippen LogP contribution in [0.4, 0.5) is 18.9 Å². The molecule has 1 fully saturated rings. The molecule has 2 atom stereocenters. The van der Waals surface area contributed by atoms with E-state index in [0.717, 1.165) is 17.4 Å². The zero-order chi connectivity index (χ0) is 25.9. The number of halogens is 4. The van der Waals surface area contributed by atoms with Gasteiger partial charge in [-0.2, -0.15) is 18.4 Å². The van der Waals surface area contributed by atoms with Crippen LogP contribution in [0.2, 0.25) is 5.02 Å². The maximum absolute atomic E-state index is 13.0. The average Bonchev–Trinajstić information content (AvgIpc) is 3.24. The summed E-state index contributed by atoms with van der Waals surface area (Å²) in [5.74, 6) is 0.372. The number of nitriles is 1. The number of hydrogen-bond donors (Lipinski definition) is 0. The van der Waals surface area contributed by atoms with Crippen LogP contribution < -0.4 is 4.31 Å². The van der Waals surface area contributed by atoms with Crippen LogP contribution in [-0.4, -0.2) is 78.4 Å². The molecule has 192 valence electrons. The summed E-state index contributed by atoms with van der Waals surface area (Å²) in [6, 6.07) is 7.53. The summed E-state index contributed by atoms with van der Waals surface area (Å²) in [5, 5.41) is 9.11. The third-order valence-corrected chi connectivity index (χ3v) is 8.45. The van der Waals surface area contributed by atoms with E-state index in [0.29, 0.717) is 42.6 Å². The molecule has 1 aromatic rings. The number of amides is 1. The highest BCUT2D eigenvalue weighted by Gasteiger charge is 2.40. The molecule has 0 aromatic heterocycles. The first kappa shape index (κ1) is 26.7. The van der Waals surface area contributed by atoms with Crippen molar-refractivity contribution < 1.29 is 18.0 Å². The monoisotopic (exact) mass is 556 g/mol. The maximum atomic E-state index is 13.0. The lowest BCUT2D eigenvalue weighted by Gasteiger charge is -2.39. The summed E-state index contributed by atoms with van der Waals surface area (Å²) in [5.41, 5.74) is 1.51.